The Morgan fingerprint density at radius 3 is 2.37 bits per heavy atom. The first-order valence-electron chi connectivity index (χ1n) is 7.28. The van der Waals surface area contributed by atoms with Crippen molar-refractivity contribution < 1.29 is 4.79 Å². The third kappa shape index (κ3) is 3.80. The van der Waals surface area contributed by atoms with Gasteiger partial charge in [0.05, 0.1) is 0 Å². The van der Waals surface area contributed by atoms with Crippen molar-refractivity contribution in [1.29, 1.82) is 0 Å². The SMILES string of the molecule is CCc1ccc(CC(C)C(=O)N2CCNCC2)cc1. The van der Waals surface area contributed by atoms with Gasteiger partial charge in [0.2, 0.25) is 5.91 Å². The highest BCUT2D eigenvalue weighted by molar-refractivity contribution is 5.78. The molecule has 0 aliphatic carbocycles. The number of hydrogen-bond acceptors (Lipinski definition) is 2. The molecule has 1 heterocycles. The molecule has 0 bridgehead atoms. The second-order valence-corrected chi connectivity index (χ2v) is 5.35. The van der Waals surface area contributed by atoms with Crippen molar-refractivity contribution in [3.8, 4) is 0 Å². The highest BCUT2D eigenvalue weighted by atomic mass is 16.2. The van der Waals surface area contributed by atoms with Crippen LogP contribution >= 0.6 is 0 Å². The minimum atomic E-state index is 0.0746. The predicted molar refractivity (Wildman–Crippen MR) is 78.1 cm³/mol. The van der Waals surface area contributed by atoms with E-state index in [-0.39, 0.29) is 5.92 Å². The summed E-state index contributed by atoms with van der Waals surface area (Å²) in [6.07, 6.45) is 1.91. The molecule has 1 unspecified atom stereocenters. The molecule has 1 aromatic carbocycles. The third-order valence-corrected chi connectivity index (χ3v) is 3.82. The Kier molecular flexibility index (Phi) is 4.97. The first kappa shape index (κ1) is 14.1. The van der Waals surface area contributed by atoms with Crippen LogP contribution in [0.5, 0.6) is 0 Å². The van der Waals surface area contributed by atoms with E-state index in [9.17, 15) is 4.79 Å². The maximum absolute atomic E-state index is 12.3. The van der Waals surface area contributed by atoms with Crippen LogP contribution < -0.4 is 5.32 Å². The van der Waals surface area contributed by atoms with Crippen molar-refractivity contribution in [3.05, 3.63) is 35.4 Å². The van der Waals surface area contributed by atoms with E-state index in [4.69, 9.17) is 0 Å². The predicted octanol–water partition coefficient (Wildman–Crippen LogP) is 1.86. The summed E-state index contributed by atoms with van der Waals surface area (Å²) in [7, 11) is 0. The van der Waals surface area contributed by atoms with E-state index in [0.29, 0.717) is 5.91 Å². The lowest BCUT2D eigenvalue weighted by molar-refractivity contribution is -0.135. The molecule has 1 atom stereocenters. The standard InChI is InChI=1S/C16H24N2O/c1-3-14-4-6-15(7-5-14)12-13(2)16(19)18-10-8-17-9-11-18/h4-7,13,17H,3,8-12H2,1-2H3. The van der Waals surface area contributed by atoms with E-state index >= 15 is 0 Å². The lowest BCUT2D eigenvalue weighted by Crippen LogP contribution is -2.48. The number of nitrogens with zero attached hydrogens (tertiary/aromatic N) is 1. The first-order valence-corrected chi connectivity index (χ1v) is 7.28. The van der Waals surface area contributed by atoms with Crippen LogP contribution in [0.4, 0.5) is 0 Å². The smallest absolute Gasteiger partial charge is 0.225 e. The van der Waals surface area contributed by atoms with Crippen LogP contribution in [-0.4, -0.2) is 37.0 Å². The molecule has 0 radical (unpaired) electrons. The van der Waals surface area contributed by atoms with Gasteiger partial charge in [0.15, 0.2) is 0 Å². The minimum absolute atomic E-state index is 0.0746. The van der Waals surface area contributed by atoms with Crippen molar-refractivity contribution >= 4 is 5.91 Å². The molecule has 1 saturated heterocycles. The average molecular weight is 260 g/mol. The average Bonchev–Trinajstić information content (AvgIpc) is 2.48. The second kappa shape index (κ2) is 6.71. The third-order valence-electron chi connectivity index (χ3n) is 3.82. The molecule has 1 aliphatic rings. The van der Waals surface area contributed by atoms with Crippen LogP contribution in [-0.2, 0) is 17.6 Å². The summed E-state index contributed by atoms with van der Waals surface area (Å²) in [5.74, 6) is 0.367. The fourth-order valence-electron chi connectivity index (χ4n) is 2.55. The van der Waals surface area contributed by atoms with Gasteiger partial charge in [-0.1, -0.05) is 38.1 Å². The lowest BCUT2D eigenvalue weighted by Gasteiger charge is -2.29. The normalized spacial score (nSPS) is 17.3. The molecule has 19 heavy (non-hydrogen) atoms. The fraction of sp³-hybridized carbons (Fsp3) is 0.562. The first-order chi connectivity index (χ1) is 9.20. The van der Waals surface area contributed by atoms with Crippen molar-refractivity contribution in [3.63, 3.8) is 0 Å². The Hall–Kier alpha value is -1.35. The highest BCUT2D eigenvalue weighted by Gasteiger charge is 2.21. The number of rotatable bonds is 4. The van der Waals surface area contributed by atoms with Gasteiger partial charge in [-0.15, -0.1) is 0 Å². The zero-order valence-electron chi connectivity index (χ0n) is 12.0. The second-order valence-electron chi connectivity index (χ2n) is 5.35. The molecular formula is C16H24N2O. The van der Waals surface area contributed by atoms with Crippen molar-refractivity contribution in [2.24, 2.45) is 5.92 Å². The van der Waals surface area contributed by atoms with Gasteiger partial charge < -0.3 is 10.2 Å². The van der Waals surface area contributed by atoms with Crippen LogP contribution in [0.25, 0.3) is 0 Å². The van der Waals surface area contributed by atoms with Gasteiger partial charge in [0.25, 0.3) is 0 Å². The highest BCUT2D eigenvalue weighted by Crippen LogP contribution is 2.13. The molecule has 1 N–H and O–H groups in total. The number of carbonyl (C=O) groups is 1. The number of hydrogen-bond donors (Lipinski definition) is 1. The summed E-state index contributed by atoms with van der Waals surface area (Å²) in [6.45, 7) is 7.73. The molecule has 2 rings (SSSR count). The molecule has 0 spiro atoms. The Bertz CT molecular complexity index is 407. The van der Waals surface area contributed by atoms with Gasteiger partial charge in [0.1, 0.15) is 0 Å². The van der Waals surface area contributed by atoms with E-state index < -0.39 is 0 Å². The van der Waals surface area contributed by atoms with Crippen molar-refractivity contribution in [1.82, 2.24) is 10.2 Å². The topological polar surface area (TPSA) is 32.3 Å². The summed E-state index contributed by atoms with van der Waals surface area (Å²) in [6, 6.07) is 8.63. The summed E-state index contributed by atoms with van der Waals surface area (Å²) < 4.78 is 0. The summed E-state index contributed by atoms with van der Waals surface area (Å²) >= 11 is 0. The molecule has 1 fully saturated rings. The maximum Gasteiger partial charge on any atom is 0.225 e. The van der Waals surface area contributed by atoms with Gasteiger partial charge >= 0.3 is 0 Å². The number of carbonyl (C=O) groups excluding carboxylic acids is 1. The molecule has 0 saturated carbocycles. The number of benzene rings is 1. The Balaban J connectivity index is 1.91. The van der Waals surface area contributed by atoms with E-state index in [1.807, 2.05) is 11.8 Å². The van der Waals surface area contributed by atoms with Gasteiger partial charge in [0, 0.05) is 32.1 Å². The van der Waals surface area contributed by atoms with E-state index in [1.165, 1.54) is 11.1 Å². The van der Waals surface area contributed by atoms with Crippen LogP contribution in [0, 0.1) is 5.92 Å². The van der Waals surface area contributed by atoms with E-state index in [2.05, 4.69) is 36.5 Å². The Morgan fingerprint density at radius 1 is 1.21 bits per heavy atom. The number of nitrogens with one attached hydrogen (secondary N) is 1. The molecule has 1 amide bonds. The van der Waals surface area contributed by atoms with Crippen LogP contribution in [0.2, 0.25) is 0 Å². The molecule has 104 valence electrons. The van der Waals surface area contributed by atoms with E-state index in [1.54, 1.807) is 0 Å². The number of amides is 1. The fourth-order valence-corrected chi connectivity index (χ4v) is 2.55. The maximum atomic E-state index is 12.3. The Labute approximate surface area is 116 Å². The molecule has 3 nitrogen and oxygen atoms in total. The molecular weight excluding hydrogens is 236 g/mol. The van der Waals surface area contributed by atoms with Crippen molar-refractivity contribution in [2.75, 3.05) is 26.2 Å². The van der Waals surface area contributed by atoms with Crippen LogP contribution in [0.15, 0.2) is 24.3 Å². The van der Waals surface area contributed by atoms with Crippen molar-refractivity contribution in [2.45, 2.75) is 26.7 Å². The summed E-state index contributed by atoms with van der Waals surface area (Å²) in [4.78, 5) is 14.3. The zero-order valence-corrected chi connectivity index (χ0v) is 12.0. The summed E-state index contributed by atoms with van der Waals surface area (Å²) in [5.41, 5.74) is 2.61. The van der Waals surface area contributed by atoms with Gasteiger partial charge in [-0.2, -0.15) is 0 Å². The van der Waals surface area contributed by atoms with E-state index in [0.717, 1.165) is 39.0 Å². The van der Waals surface area contributed by atoms with Crippen LogP contribution in [0.3, 0.4) is 0 Å². The van der Waals surface area contributed by atoms with Gasteiger partial charge in [-0.05, 0) is 24.0 Å². The summed E-state index contributed by atoms with van der Waals surface area (Å²) in [5, 5.41) is 3.28. The molecule has 3 heteroatoms. The lowest BCUT2D eigenvalue weighted by atomic mass is 9.98. The molecule has 0 aromatic heterocycles. The number of piperazine rings is 1. The number of aryl methyl sites for hydroxylation is 1. The minimum Gasteiger partial charge on any atom is -0.340 e. The van der Waals surface area contributed by atoms with Gasteiger partial charge in [-0.25, -0.2) is 0 Å². The monoisotopic (exact) mass is 260 g/mol. The molecule has 1 aromatic rings. The Morgan fingerprint density at radius 2 is 1.79 bits per heavy atom. The zero-order chi connectivity index (χ0) is 13.7. The van der Waals surface area contributed by atoms with Crippen LogP contribution in [0.1, 0.15) is 25.0 Å². The quantitative estimate of drug-likeness (QED) is 0.896. The largest absolute Gasteiger partial charge is 0.340 e. The molecule has 1 aliphatic heterocycles. The van der Waals surface area contributed by atoms with Gasteiger partial charge in [-0.3, -0.25) is 4.79 Å².